The van der Waals surface area contributed by atoms with Gasteiger partial charge in [-0.25, -0.2) is 17.6 Å². The molecule has 0 unspecified atom stereocenters. The van der Waals surface area contributed by atoms with Gasteiger partial charge >= 0.3 is 12.1 Å². The topological polar surface area (TPSA) is 66.9 Å². The highest BCUT2D eigenvalue weighted by Crippen LogP contribution is 2.07. The smallest absolute Gasteiger partial charge is 0.418 e. The first-order chi connectivity index (χ1) is 8.93. The molecule has 7 heteroatoms. The quantitative estimate of drug-likeness (QED) is 0.588. The number of amides is 4. The van der Waals surface area contributed by atoms with E-state index in [1.54, 1.807) is 12.1 Å². The fourth-order valence-electron chi connectivity index (χ4n) is 1.16. The molecule has 0 saturated carbocycles. The van der Waals surface area contributed by atoms with Gasteiger partial charge in [-0.1, -0.05) is 30.3 Å². The summed E-state index contributed by atoms with van der Waals surface area (Å²) < 4.78 is 5.77. The largest absolute Gasteiger partial charge is 0.444 e. The second-order valence-electron chi connectivity index (χ2n) is 3.68. The lowest BCUT2D eigenvalue weighted by Crippen LogP contribution is -2.41. The van der Waals surface area contributed by atoms with Crippen molar-refractivity contribution in [2.75, 3.05) is 7.05 Å². The van der Waals surface area contributed by atoms with Crippen molar-refractivity contribution in [1.82, 2.24) is 8.01 Å². The Morgan fingerprint density at radius 1 is 1.21 bits per heavy atom. The van der Waals surface area contributed by atoms with Gasteiger partial charge < -0.3 is 4.74 Å². The van der Waals surface area contributed by atoms with Gasteiger partial charge in [0, 0.05) is 14.0 Å². The van der Waals surface area contributed by atoms with Crippen LogP contribution < -0.4 is 0 Å². The van der Waals surface area contributed by atoms with E-state index >= 15 is 0 Å². The maximum Gasteiger partial charge on any atom is 0.418 e. The standard InChI is InChI=1S/C12H13IN2O4/c1-9(16)15(13)11(17)14(2)12(18)19-8-10-6-4-3-5-7-10/h3-7H,8H2,1-2H3. The summed E-state index contributed by atoms with van der Waals surface area (Å²) in [5.41, 5.74) is 0.814. The summed E-state index contributed by atoms with van der Waals surface area (Å²) in [5.74, 6) is -0.465. The first-order valence-corrected chi connectivity index (χ1v) is 6.34. The molecule has 102 valence electrons. The first-order valence-electron chi connectivity index (χ1n) is 5.38. The van der Waals surface area contributed by atoms with Crippen LogP contribution in [-0.4, -0.2) is 33.1 Å². The summed E-state index contributed by atoms with van der Waals surface area (Å²) in [4.78, 5) is 35.0. The van der Waals surface area contributed by atoms with Crippen LogP contribution in [0.25, 0.3) is 0 Å². The van der Waals surface area contributed by atoms with Crippen molar-refractivity contribution >= 4 is 40.9 Å². The molecule has 0 bridgehead atoms. The normalized spacial score (nSPS) is 9.63. The molecule has 1 aromatic rings. The van der Waals surface area contributed by atoms with E-state index in [1.807, 2.05) is 18.2 Å². The molecule has 0 aliphatic heterocycles. The number of hydrogen-bond donors (Lipinski definition) is 0. The van der Waals surface area contributed by atoms with Gasteiger partial charge in [0.15, 0.2) is 0 Å². The van der Waals surface area contributed by atoms with Crippen LogP contribution >= 0.6 is 22.9 Å². The third-order valence-corrected chi connectivity index (χ3v) is 3.30. The molecule has 0 N–H and O–H groups in total. The van der Waals surface area contributed by atoms with Crippen LogP contribution in [0.5, 0.6) is 0 Å². The number of carbonyl (C=O) groups is 3. The highest BCUT2D eigenvalue weighted by Gasteiger charge is 2.25. The summed E-state index contributed by atoms with van der Waals surface area (Å²) in [6.45, 7) is 1.30. The third kappa shape index (κ3) is 4.51. The van der Waals surface area contributed by atoms with E-state index in [-0.39, 0.29) is 6.61 Å². The van der Waals surface area contributed by atoms with E-state index in [4.69, 9.17) is 4.74 Å². The molecule has 0 aliphatic carbocycles. The Kier molecular flexibility index (Phi) is 5.74. The minimum Gasteiger partial charge on any atom is -0.444 e. The van der Waals surface area contributed by atoms with Crippen LogP contribution in [-0.2, 0) is 16.1 Å². The Morgan fingerprint density at radius 2 is 1.79 bits per heavy atom. The zero-order valence-corrected chi connectivity index (χ0v) is 12.7. The SMILES string of the molecule is CC(=O)N(I)C(=O)N(C)C(=O)OCc1ccccc1. The molecule has 0 heterocycles. The average molecular weight is 376 g/mol. The third-order valence-electron chi connectivity index (χ3n) is 2.21. The maximum absolute atomic E-state index is 11.7. The van der Waals surface area contributed by atoms with Gasteiger partial charge in [-0.3, -0.25) is 4.79 Å². The summed E-state index contributed by atoms with van der Waals surface area (Å²) in [5, 5.41) is 0. The van der Waals surface area contributed by atoms with Crippen molar-refractivity contribution in [3.63, 3.8) is 0 Å². The molecular formula is C12H13IN2O4. The van der Waals surface area contributed by atoms with Gasteiger partial charge in [-0.15, -0.1) is 0 Å². The molecule has 6 nitrogen and oxygen atoms in total. The molecule has 1 rings (SSSR count). The Morgan fingerprint density at radius 3 is 2.32 bits per heavy atom. The van der Waals surface area contributed by atoms with Crippen LogP contribution in [0.1, 0.15) is 12.5 Å². The zero-order valence-electron chi connectivity index (χ0n) is 10.5. The minimum atomic E-state index is -0.809. The molecule has 0 saturated heterocycles. The molecule has 1 aromatic carbocycles. The number of urea groups is 1. The number of imide groups is 2. The molecule has 0 aromatic heterocycles. The Labute approximate surface area is 124 Å². The number of nitrogens with zero attached hydrogens (tertiary/aromatic N) is 2. The fourth-order valence-corrected chi connectivity index (χ4v) is 1.48. The van der Waals surface area contributed by atoms with Crippen molar-refractivity contribution in [3.8, 4) is 0 Å². The van der Waals surface area contributed by atoms with E-state index in [1.165, 1.54) is 36.8 Å². The lowest BCUT2D eigenvalue weighted by Gasteiger charge is -2.19. The molecule has 0 aliphatic rings. The lowest BCUT2D eigenvalue weighted by atomic mass is 10.2. The molecule has 0 fully saturated rings. The van der Waals surface area contributed by atoms with Crippen molar-refractivity contribution in [2.24, 2.45) is 0 Å². The Hall–Kier alpha value is -1.64. The molecular weight excluding hydrogens is 363 g/mol. The van der Waals surface area contributed by atoms with E-state index in [0.717, 1.165) is 13.6 Å². The number of halogens is 1. The highest BCUT2D eigenvalue weighted by molar-refractivity contribution is 14.1. The van der Waals surface area contributed by atoms with Crippen molar-refractivity contribution in [3.05, 3.63) is 35.9 Å². The van der Waals surface area contributed by atoms with Crippen LogP contribution in [0.4, 0.5) is 9.59 Å². The van der Waals surface area contributed by atoms with Gasteiger partial charge in [-0.2, -0.15) is 0 Å². The number of rotatable bonds is 2. The predicted molar refractivity (Wildman–Crippen MR) is 76.3 cm³/mol. The fraction of sp³-hybridized carbons (Fsp3) is 0.250. The molecule has 19 heavy (non-hydrogen) atoms. The van der Waals surface area contributed by atoms with Crippen molar-refractivity contribution in [2.45, 2.75) is 13.5 Å². The van der Waals surface area contributed by atoms with E-state index in [2.05, 4.69) is 0 Å². The highest BCUT2D eigenvalue weighted by atomic mass is 127. The number of hydrogen-bond acceptors (Lipinski definition) is 4. The monoisotopic (exact) mass is 376 g/mol. The van der Waals surface area contributed by atoms with Crippen LogP contribution in [0.3, 0.4) is 0 Å². The van der Waals surface area contributed by atoms with Crippen LogP contribution in [0.2, 0.25) is 0 Å². The second kappa shape index (κ2) is 7.07. The lowest BCUT2D eigenvalue weighted by molar-refractivity contribution is -0.121. The van der Waals surface area contributed by atoms with Gasteiger partial charge in [-0.05, 0) is 5.56 Å². The average Bonchev–Trinajstić information content (AvgIpc) is 2.43. The summed E-state index contributed by atoms with van der Waals surface area (Å²) in [6.07, 6.45) is -0.809. The predicted octanol–water partition coefficient (Wildman–Crippen LogP) is 2.57. The molecule has 0 atom stereocenters. The second-order valence-corrected chi connectivity index (χ2v) is 4.65. The molecule has 4 amide bonds. The Balaban J connectivity index is 2.54. The maximum atomic E-state index is 11.7. The Bertz CT molecular complexity index is 478. The van der Waals surface area contributed by atoms with Gasteiger partial charge in [0.1, 0.15) is 6.61 Å². The summed E-state index contributed by atoms with van der Waals surface area (Å²) in [6, 6.07) is 8.35. The summed E-state index contributed by atoms with van der Waals surface area (Å²) in [7, 11) is 1.25. The van der Waals surface area contributed by atoms with E-state index in [0.29, 0.717) is 0 Å². The van der Waals surface area contributed by atoms with Crippen LogP contribution in [0.15, 0.2) is 30.3 Å². The van der Waals surface area contributed by atoms with Crippen LogP contribution in [0, 0.1) is 0 Å². The van der Waals surface area contributed by atoms with Crippen molar-refractivity contribution < 1.29 is 19.1 Å². The van der Waals surface area contributed by atoms with E-state index in [9.17, 15) is 14.4 Å². The zero-order chi connectivity index (χ0) is 14.4. The van der Waals surface area contributed by atoms with Crippen molar-refractivity contribution in [1.29, 1.82) is 0 Å². The number of carbonyl (C=O) groups excluding carboxylic acids is 3. The minimum absolute atomic E-state index is 0.0681. The first kappa shape index (κ1) is 15.4. The molecule has 0 spiro atoms. The number of benzene rings is 1. The van der Waals surface area contributed by atoms with Gasteiger partial charge in [0.2, 0.25) is 5.91 Å². The van der Waals surface area contributed by atoms with E-state index < -0.39 is 18.0 Å². The number of ether oxygens (including phenoxy) is 1. The summed E-state index contributed by atoms with van der Waals surface area (Å²) >= 11 is 1.53. The van der Waals surface area contributed by atoms with Gasteiger partial charge in [0.05, 0.1) is 22.9 Å². The molecule has 0 radical (unpaired) electrons. The van der Waals surface area contributed by atoms with Gasteiger partial charge in [0.25, 0.3) is 0 Å².